The predicted molar refractivity (Wildman–Crippen MR) is 42.8 cm³/mol. The fraction of sp³-hybridized carbons (Fsp3) is 0.625. The van der Waals surface area contributed by atoms with Gasteiger partial charge < -0.3 is 15.3 Å². The van der Waals surface area contributed by atoms with Crippen LogP contribution in [0.1, 0.15) is 26.7 Å². The molecule has 0 spiro atoms. The minimum atomic E-state index is -1.54. The normalized spacial score (nSPS) is 13.5. The lowest BCUT2D eigenvalue weighted by Crippen LogP contribution is -2.08. The van der Waals surface area contributed by atoms with E-state index in [0.717, 1.165) is 6.42 Å². The molecular formula is C8H15O3. The molecule has 0 unspecified atom stereocenters. The molecule has 0 aromatic heterocycles. The minimum absolute atomic E-state index is 0.0434. The van der Waals surface area contributed by atoms with E-state index >= 15 is 0 Å². The van der Waals surface area contributed by atoms with Crippen molar-refractivity contribution in [3.8, 4) is 0 Å². The molecule has 0 fully saturated rings. The Bertz CT molecular complexity index is 138. The highest BCUT2D eigenvalue weighted by atomic mass is 16.5. The number of aliphatic hydroxyl groups excluding tert-OH is 2. The van der Waals surface area contributed by atoms with Crippen LogP contribution in [-0.4, -0.2) is 21.6 Å². The lowest BCUT2D eigenvalue weighted by Gasteiger charge is -2.06. The zero-order chi connectivity index (χ0) is 8.85. The van der Waals surface area contributed by atoms with Crippen LogP contribution in [-0.2, 0) is 0 Å². The summed E-state index contributed by atoms with van der Waals surface area (Å²) in [5.74, 6) is 0.0434. The zero-order valence-corrected chi connectivity index (χ0v) is 6.91. The molecule has 65 valence electrons. The largest absolute Gasteiger partial charge is 0.512 e. The second kappa shape index (κ2) is 5.16. The third-order valence-corrected chi connectivity index (χ3v) is 1.47. The van der Waals surface area contributed by atoms with Crippen LogP contribution in [0, 0.1) is 6.42 Å². The monoisotopic (exact) mass is 159 g/mol. The van der Waals surface area contributed by atoms with Gasteiger partial charge in [-0.25, -0.2) is 0 Å². The maximum absolute atomic E-state index is 9.15. The number of unbranched alkanes of at least 4 members (excludes halogenated alkanes) is 1. The summed E-state index contributed by atoms with van der Waals surface area (Å²) in [4.78, 5) is 0. The van der Waals surface area contributed by atoms with Gasteiger partial charge in [0.25, 0.3) is 0 Å². The maximum atomic E-state index is 9.15. The Kier molecular flexibility index (Phi) is 4.90. The van der Waals surface area contributed by atoms with Gasteiger partial charge in [0.05, 0.1) is 5.76 Å². The lowest BCUT2D eigenvalue weighted by molar-refractivity contribution is -0.0108. The van der Waals surface area contributed by atoms with E-state index in [-0.39, 0.29) is 11.3 Å². The molecule has 0 heterocycles. The Morgan fingerprint density at radius 2 is 2.00 bits per heavy atom. The highest BCUT2D eigenvalue weighted by Gasteiger charge is 2.06. The molecule has 0 aromatic carbocycles. The van der Waals surface area contributed by atoms with Crippen molar-refractivity contribution >= 4 is 0 Å². The van der Waals surface area contributed by atoms with Crippen molar-refractivity contribution in [2.24, 2.45) is 0 Å². The summed E-state index contributed by atoms with van der Waals surface area (Å²) in [6.45, 7) is 3.45. The molecular weight excluding hydrogens is 144 g/mol. The molecule has 3 N–H and O–H groups in total. The molecule has 0 amide bonds. The van der Waals surface area contributed by atoms with Crippen LogP contribution in [0.15, 0.2) is 11.3 Å². The van der Waals surface area contributed by atoms with Gasteiger partial charge in [0, 0.05) is 12.0 Å². The van der Waals surface area contributed by atoms with Gasteiger partial charge >= 0.3 is 0 Å². The Balaban J connectivity index is 3.94. The average molecular weight is 159 g/mol. The highest BCUT2D eigenvalue weighted by Crippen LogP contribution is 2.10. The van der Waals surface area contributed by atoms with Crippen molar-refractivity contribution in [2.75, 3.05) is 0 Å². The predicted octanol–water partition coefficient (Wildman–Crippen LogP) is 1.13. The summed E-state index contributed by atoms with van der Waals surface area (Å²) in [7, 11) is 0. The van der Waals surface area contributed by atoms with E-state index in [0.29, 0.717) is 6.42 Å². The first kappa shape index (κ1) is 10.5. The van der Waals surface area contributed by atoms with Gasteiger partial charge in [-0.15, -0.1) is 0 Å². The van der Waals surface area contributed by atoms with E-state index in [1.807, 2.05) is 13.3 Å². The maximum Gasteiger partial charge on any atom is 0.177 e. The molecule has 0 aliphatic carbocycles. The van der Waals surface area contributed by atoms with Crippen LogP contribution >= 0.6 is 0 Å². The number of hydrogen-bond acceptors (Lipinski definition) is 3. The van der Waals surface area contributed by atoms with Gasteiger partial charge in [-0.05, 0) is 13.3 Å². The third kappa shape index (κ3) is 4.01. The van der Waals surface area contributed by atoms with E-state index < -0.39 is 6.29 Å². The Morgan fingerprint density at radius 1 is 1.45 bits per heavy atom. The SMILES string of the molecule is CC[CH]CC(O)=C(C)C(O)O. The molecule has 0 rings (SSSR count). The summed E-state index contributed by atoms with van der Waals surface area (Å²) in [5, 5.41) is 26.4. The van der Waals surface area contributed by atoms with Gasteiger partial charge in [0.15, 0.2) is 6.29 Å². The topological polar surface area (TPSA) is 60.7 Å². The second-order valence-electron chi connectivity index (χ2n) is 2.40. The molecule has 0 bridgehead atoms. The smallest absolute Gasteiger partial charge is 0.177 e. The summed E-state index contributed by atoms with van der Waals surface area (Å²) in [5.41, 5.74) is 0.217. The molecule has 3 nitrogen and oxygen atoms in total. The Labute approximate surface area is 67.0 Å². The zero-order valence-electron chi connectivity index (χ0n) is 6.91. The average Bonchev–Trinajstić information content (AvgIpc) is 1.98. The van der Waals surface area contributed by atoms with Crippen molar-refractivity contribution in [1.82, 2.24) is 0 Å². The second-order valence-corrected chi connectivity index (χ2v) is 2.40. The van der Waals surface area contributed by atoms with Gasteiger partial charge in [0.2, 0.25) is 0 Å². The summed E-state index contributed by atoms with van der Waals surface area (Å²) in [6.07, 6.45) is 1.58. The standard InChI is InChI=1S/C8H15O3/c1-3-4-5-7(9)6(2)8(10)11/h4,8-11H,3,5H2,1-2H3. The van der Waals surface area contributed by atoms with Gasteiger partial charge in [-0.1, -0.05) is 13.3 Å². The molecule has 1 radical (unpaired) electrons. The van der Waals surface area contributed by atoms with E-state index in [2.05, 4.69) is 0 Å². The first-order valence-corrected chi connectivity index (χ1v) is 3.66. The van der Waals surface area contributed by atoms with Gasteiger partial charge in [0.1, 0.15) is 0 Å². The van der Waals surface area contributed by atoms with Gasteiger partial charge in [-0.2, -0.15) is 0 Å². The molecule has 0 saturated carbocycles. The van der Waals surface area contributed by atoms with Crippen molar-refractivity contribution in [1.29, 1.82) is 0 Å². The quantitative estimate of drug-likeness (QED) is 0.425. The summed E-state index contributed by atoms with van der Waals surface area (Å²) >= 11 is 0. The van der Waals surface area contributed by atoms with Gasteiger partial charge in [-0.3, -0.25) is 0 Å². The fourth-order valence-electron chi connectivity index (χ4n) is 0.591. The third-order valence-electron chi connectivity index (χ3n) is 1.47. The number of aliphatic hydroxyl groups is 3. The summed E-state index contributed by atoms with van der Waals surface area (Å²) in [6, 6.07) is 0. The number of rotatable bonds is 4. The van der Waals surface area contributed by atoms with Crippen molar-refractivity contribution in [2.45, 2.75) is 33.0 Å². The molecule has 0 atom stereocenters. The highest BCUT2D eigenvalue weighted by molar-refractivity contribution is 5.08. The van der Waals surface area contributed by atoms with E-state index in [1.165, 1.54) is 6.92 Å². The molecule has 0 saturated heterocycles. The first-order chi connectivity index (χ1) is 5.09. The van der Waals surface area contributed by atoms with Crippen molar-refractivity contribution in [3.05, 3.63) is 17.8 Å². The molecule has 0 aliphatic heterocycles. The summed E-state index contributed by atoms with van der Waals surface area (Å²) < 4.78 is 0. The molecule has 0 aromatic rings. The van der Waals surface area contributed by atoms with E-state index in [4.69, 9.17) is 15.3 Å². The Hall–Kier alpha value is -0.540. The first-order valence-electron chi connectivity index (χ1n) is 3.66. The minimum Gasteiger partial charge on any atom is -0.512 e. The van der Waals surface area contributed by atoms with E-state index in [1.54, 1.807) is 0 Å². The molecule has 3 heteroatoms. The van der Waals surface area contributed by atoms with Crippen LogP contribution in [0.4, 0.5) is 0 Å². The lowest BCUT2D eigenvalue weighted by atomic mass is 10.1. The molecule has 0 aliphatic rings. The van der Waals surface area contributed by atoms with Crippen LogP contribution < -0.4 is 0 Å². The van der Waals surface area contributed by atoms with Crippen LogP contribution in [0.5, 0.6) is 0 Å². The van der Waals surface area contributed by atoms with Crippen molar-refractivity contribution < 1.29 is 15.3 Å². The van der Waals surface area contributed by atoms with Crippen LogP contribution in [0.25, 0.3) is 0 Å². The van der Waals surface area contributed by atoms with E-state index in [9.17, 15) is 0 Å². The van der Waals surface area contributed by atoms with Crippen LogP contribution in [0.3, 0.4) is 0 Å². The number of allylic oxidation sites excluding steroid dienone is 1. The fourth-order valence-corrected chi connectivity index (χ4v) is 0.591. The van der Waals surface area contributed by atoms with Crippen LogP contribution in [0.2, 0.25) is 0 Å². The number of hydrogen-bond donors (Lipinski definition) is 3. The Morgan fingerprint density at radius 3 is 2.36 bits per heavy atom. The van der Waals surface area contributed by atoms with Crippen molar-refractivity contribution in [3.63, 3.8) is 0 Å². The molecule has 11 heavy (non-hydrogen) atoms.